The smallest absolute Gasteiger partial charge is 0.310 e. The van der Waals surface area contributed by atoms with E-state index in [1.165, 1.54) is 31.4 Å². The van der Waals surface area contributed by atoms with E-state index in [2.05, 4.69) is 5.32 Å². The molecule has 27 heavy (non-hydrogen) atoms. The molecule has 0 heterocycles. The van der Waals surface area contributed by atoms with Crippen LogP contribution in [0.25, 0.3) is 0 Å². The van der Waals surface area contributed by atoms with Crippen molar-refractivity contribution < 1.29 is 28.4 Å². The molecule has 10 heteroatoms. The van der Waals surface area contributed by atoms with Gasteiger partial charge in [-0.05, 0) is 29.8 Å². The maximum Gasteiger partial charge on any atom is 0.310 e. The van der Waals surface area contributed by atoms with E-state index >= 15 is 0 Å². The Balaban J connectivity index is 1.88. The van der Waals surface area contributed by atoms with Crippen molar-refractivity contribution in [3.63, 3.8) is 0 Å². The van der Waals surface area contributed by atoms with E-state index in [9.17, 15) is 24.1 Å². The van der Waals surface area contributed by atoms with Crippen LogP contribution in [0.3, 0.4) is 0 Å². The molecule has 0 radical (unpaired) electrons. The number of carbonyl (C=O) groups excluding carboxylic acids is 2. The number of hydrogen-bond acceptors (Lipinski definition) is 6. The quantitative estimate of drug-likeness (QED) is 0.437. The van der Waals surface area contributed by atoms with Crippen molar-refractivity contribution in [1.29, 1.82) is 0 Å². The van der Waals surface area contributed by atoms with Gasteiger partial charge in [-0.1, -0.05) is 17.7 Å². The molecule has 0 spiro atoms. The molecule has 0 aliphatic rings. The molecule has 2 aromatic carbocycles. The van der Waals surface area contributed by atoms with E-state index in [1.807, 2.05) is 0 Å². The van der Waals surface area contributed by atoms with E-state index in [0.717, 1.165) is 12.1 Å². The minimum Gasteiger partial charge on any atom is -0.494 e. The number of ether oxygens (including phenoxy) is 2. The Morgan fingerprint density at radius 1 is 1.26 bits per heavy atom. The molecule has 1 N–H and O–H groups in total. The number of amides is 1. The Morgan fingerprint density at radius 3 is 2.63 bits per heavy atom. The topological polar surface area (TPSA) is 108 Å². The number of nitrogens with zero attached hydrogens (tertiary/aromatic N) is 1. The normalized spacial score (nSPS) is 10.2. The summed E-state index contributed by atoms with van der Waals surface area (Å²) in [6, 6.07) is 7.72. The van der Waals surface area contributed by atoms with Gasteiger partial charge in [-0.3, -0.25) is 19.7 Å². The van der Waals surface area contributed by atoms with Crippen molar-refractivity contribution >= 4 is 34.9 Å². The maximum atomic E-state index is 13.6. The summed E-state index contributed by atoms with van der Waals surface area (Å²) in [7, 11) is 1.32. The Hall–Kier alpha value is -3.20. The van der Waals surface area contributed by atoms with E-state index in [1.54, 1.807) is 0 Å². The second-order valence-electron chi connectivity index (χ2n) is 5.28. The lowest BCUT2D eigenvalue weighted by molar-refractivity contribution is -0.384. The fourth-order valence-electron chi connectivity index (χ4n) is 2.11. The minimum absolute atomic E-state index is 0.0450. The third-order valence-corrected chi connectivity index (χ3v) is 3.68. The average Bonchev–Trinajstić information content (AvgIpc) is 2.61. The summed E-state index contributed by atoms with van der Waals surface area (Å²) >= 11 is 5.68. The number of nitro benzene ring substituents is 1. The third kappa shape index (κ3) is 5.65. The highest BCUT2D eigenvalue weighted by Crippen LogP contribution is 2.27. The van der Waals surface area contributed by atoms with Crippen LogP contribution in [0.2, 0.25) is 5.02 Å². The van der Waals surface area contributed by atoms with Crippen LogP contribution in [0, 0.1) is 15.9 Å². The molecular weight excluding hydrogens is 383 g/mol. The van der Waals surface area contributed by atoms with Gasteiger partial charge in [0.25, 0.3) is 11.6 Å². The highest BCUT2D eigenvalue weighted by atomic mass is 35.5. The lowest BCUT2D eigenvalue weighted by atomic mass is 10.1. The zero-order valence-corrected chi connectivity index (χ0v) is 14.8. The third-order valence-electron chi connectivity index (χ3n) is 3.36. The molecule has 0 bridgehead atoms. The van der Waals surface area contributed by atoms with Gasteiger partial charge in [0, 0.05) is 11.8 Å². The average molecular weight is 397 g/mol. The van der Waals surface area contributed by atoms with Gasteiger partial charge in [0.05, 0.1) is 18.5 Å². The molecule has 0 aliphatic carbocycles. The molecule has 0 unspecified atom stereocenters. The number of carbonyl (C=O) groups is 2. The summed E-state index contributed by atoms with van der Waals surface area (Å²) in [5.41, 5.74) is 0.115. The molecule has 1 amide bonds. The number of nitrogens with one attached hydrogen (secondary N) is 1. The van der Waals surface area contributed by atoms with Crippen molar-refractivity contribution in [1.82, 2.24) is 0 Å². The number of rotatable bonds is 7. The van der Waals surface area contributed by atoms with Crippen LogP contribution in [0.4, 0.5) is 15.8 Å². The molecule has 0 saturated heterocycles. The lowest BCUT2D eigenvalue weighted by Gasteiger charge is -2.08. The summed E-state index contributed by atoms with van der Waals surface area (Å²) in [4.78, 5) is 33.7. The van der Waals surface area contributed by atoms with Crippen molar-refractivity contribution in [3.05, 3.63) is 62.9 Å². The first-order valence-corrected chi connectivity index (χ1v) is 7.89. The molecule has 2 rings (SSSR count). The summed E-state index contributed by atoms with van der Waals surface area (Å²) in [5.74, 6) is -2.01. The molecule has 0 fully saturated rings. The Labute approximate surface area is 158 Å². The van der Waals surface area contributed by atoms with Gasteiger partial charge in [0.15, 0.2) is 18.2 Å². The van der Waals surface area contributed by atoms with Crippen molar-refractivity contribution in [2.45, 2.75) is 6.42 Å². The standard InChI is InChI=1S/C17H14ClFN2O6/c1-26-15-5-2-10(6-13(15)19)7-17(23)27-9-16(22)20-11-3-4-12(18)14(8-11)21(24)25/h2-6,8H,7,9H2,1H3,(H,20,22). The van der Waals surface area contributed by atoms with Gasteiger partial charge in [-0.2, -0.15) is 0 Å². The monoisotopic (exact) mass is 396 g/mol. The first-order chi connectivity index (χ1) is 12.8. The molecule has 142 valence electrons. The van der Waals surface area contributed by atoms with Crippen molar-refractivity contribution in [2.24, 2.45) is 0 Å². The Kier molecular flexibility index (Phi) is 6.67. The van der Waals surface area contributed by atoms with Gasteiger partial charge in [-0.25, -0.2) is 4.39 Å². The number of halogens is 2. The number of anilines is 1. The predicted octanol–water partition coefficient (Wildman–Crippen LogP) is 3.12. The molecular formula is C17H14ClFN2O6. The first-order valence-electron chi connectivity index (χ1n) is 7.52. The number of benzene rings is 2. The highest BCUT2D eigenvalue weighted by Gasteiger charge is 2.15. The minimum atomic E-state index is -0.739. The summed E-state index contributed by atoms with van der Waals surface area (Å²) in [6.07, 6.45) is -0.236. The number of methoxy groups -OCH3 is 1. The first kappa shape index (κ1) is 20.1. The van der Waals surface area contributed by atoms with Crippen LogP contribution < -0.4 is 10.1 Å². The zero-order chi connectivity index (χ0) is 20.0. The molecule has 2 aromatic rings. The van der Waals surface area contributed by atoms with Crippen molar-refractivity contribution in [2.75, 3.05) is 19.0 Å². The molecule has 0 atom stereocenters. The second-order valence-corrected chi connectivity index (χ2v) is 5.69. The van der Waals surface area contributed by atoms with Gasteiger partial charge >= 0.3 is 5.97 Å². The molecule has 0 aromatic heterocycles. The molecule has 0 aliphatic heterocycles. The lowest BCUT2D eigenvalue weighted by Crippen LogP contribution is -2.21. The Bertz CT molecular complexity index is 890. The van der Waals surface area contributed by atoms with Crippen LogP contribution in [0.15, 0.2) is 36.4 Å². The zero-order valence-electron chi connectivity index (χ0n) is 14.0. The highest BCUT2D eigenvalue weighted by molar-refractivity contribution is 6.32. The van der Waals surface area contributed by atoms with Crippen molar-refractivity contribution in [3.8, 4) is 5.75 Å². The second kappa shape index (κ2) is 8.95. The van der Waals surface area contributed by atoms with E-state index < -0.39 is 29.2 Å². The SMILES string of the molecule is COc1ccc(CC(=O)OCC(=O)Nc2ccc(Cl)c([N+](=O)[O-])c2)cc1F. The number of hydrogen-bond donors (Lipinski definition) is 1. The number of nitro groups is 1. The fraction of sp³-hybridized carbons (Fsp3) is 0.176. The summed E-state index contributed by atoms with van der Waals surface area (Å²) in [5, 5.41) is 13.1. The molecule has 8 nitrogen and oxygen atoms in total. The number of esters is 1. The van der Waals surface area contributed by atoms with Crippen LogP contribution in [0.5, 0.6) is 5.75 Å². The van der Waals surface area contributed by atoms with E-state index in [0.29, 0.717) is 5.56 Å². The molecule has 0 saturated carbocycles. The van der Waals surface area contributed by atoms with Gasteiger partial charge in [-0.15, -0.1) is 0 Å². The van der Waals surface area contributed by atoms with Crippen LogP contribution >= 0.6 is 11.6 Å². The maximum absolute atomic E-state index is 13.6. The van der Waals surface area contributed by atoms with Crippen LogP contribution in [-0.4, -0.2) is 30.5 Å². The van der Waals surface area contributed by atoms with Crippen LogP contribution in [0.1, 0.15) is 5.56 Å². The van der Waals surface area contributed by atoms with Gasteiger partial charge < -0.3 is 14.8 Å². The Morgan fingerprint density at radius 2 is 2.00 bits per heavy atom. The fourth-order valence-corrected chi connectivity index (χ4v) is 2.30. The van der Waals surface area contributed by atoms with E-state index in [4.69, 9.17) is 21.1 Å². The summed E-state index contributed by atoms with van der Waals surface area (Å²) < 4.78 is 23.2. The van der Waals surface area contributed by atoms with Gasteiger partial charge in [0.1, 0.15) is 5.02 Å². The summed E-state index contributed by atoms with van der Waals surface area (Å²) in [6.45, 7) is -0.603. The van der Waals surface area contributed by atoms with E-state index in [-0.39, 0.29) is 28.6 Å². The largest absolute Gasteiger partial charge is 0.494 e. The van der Waals surface area contributed by atoms with Gasteiger partial charge in [0.2, 0.25) is 0 Å². The van der Waals surface area contributed by atoms with Crippen LogP contribution in [-0.2, 0) is 20.7 Å². The predicted molar refractivity (Wildman–Crippen MR) is 94.4 cm³/mol.